The van der Waals surface area contributed by atoms with Crippen molar-refractivity contribution in [2.75, 3.05) is 11.9 Å². The third-order valence-corrected chi connectivity index (χ3v) is 2.70. The van der Waals surface area contributed by atoms with E-state index >= 15 is 0 Å². The summed E-state index contributed by atoms with van der Waals surface area (Å²) in [6, 6.07) is 5.94. The molecule has 0 atom stereocenters. The van der Waals surface area contributed by atoms with E-state index in [0.717, 1.165) is 15.7 Å². The lowest BCUT2D eigenvalue weighted by atomic mass is 10.2. The van der Waals surface area contributed by atoms with Gasteiger partial charge < -0.3 is 4.90 Å². The lowest BCUT2D eigenvalue weighted by molar-refractivity contribution is -0.118. The Morgan fingerprint density at radius 3 is 2.71 bits per heavy atom. The lowest BCUT2D eigenvalue weighted by Crippen LogP contribution is -2.25. The highest BCUT2D eigenvalue weighted by molar-refractivity contribution is 9.10. The molecule has 0 aromatic heterocycles. The van der Waals surface area contributed by atoms with Crippen LogP contribution in [-0.4, -0.2) is 13.0 Å². The number of nitrogens with zero attached hydrogens (tertiary/aromatic N) is 1. The van der Waals surface area contributed by atoms with Crippen molar-refractivity contribution >= 4 is 27.5 Å². The molecule has 0 bridgehead atoms. The Balaban J connectivity index is 3.05. The van der Waals surface area contributed by atoms with E-state index in [-0.39, 0.29) is 5.91 Å². The van der Waals surface area contributed by atoms with Crippen molar-refractivity contribution in [1.82, 2.24) is 0 Å². The molecule has 0 aliphatic carbocycles. The molecule has 0 unspecified atom stereocenters. The standard InChI is InChI=1S/C11H14BrNO/c1-4-11(14)13(3)10-7-9(12)6-5-8(10)2/h5-7H,4H2,1-3H3. The van der Waals surface area contributed by atoms with Gasteiger partial charge in [-0.1, -0.05) is 28.9 Å². The second-order valence-electron chi connectivity index (χ2n) is 3.24. The average Bonchev–Trinajstić information content (AvgIpc) is 2.19. The van der Waals surface area contributed by atoms with Gasteiger partial charge in [-0.3, -0.25) is 4.79 Å². The summed E-state index contributed by atoms with van der Waals surface area (Å²) < 4.78 is 0.994. The molecule has 1 aromatic rings. The van der Waals surface area contributed by atoms with Crippen molar-refractivity contribution in [3.63, 3.8) is 0 Å². The summed E-state index contributed by atoms with van der Waals surface area (Å²) in [7, 11) is 1.81. The number of hydrogen-bond donors (Lipinski definition) is 0. The van der Waals surface area contributed by atoms with Gasteiger partial charge in [0.1, 0.15) is 0 Å². The Bertz CT molecular complexity index is 349. The summed E-state index contributed by atoms with van der Waals surface area (Å²) in [5.74, 6) is 0.131. The van der Waals surface area contributed by atoms with Gasteiger partial charge in [0.05, 0.1) is 0 Å². The van der Waals surface area contributed by atoms with E-state index < -0.39 is 0 Å². The fraction of sp³-hybridized carbons (Fsp3) is 0.364. The predicted molar refractivity (Wildman–Crippen MR) is 62.6 cm³/mol. The zero-order chi connectivity index (χ0) is 10.7. The molecule has 3 heteroatoms. The van der Waals surface area contributed by atoms with Crippen LogP contribution in [0.15, 0.2) is 22.7 Å². The molecule has 0 aliphatic rings. The minimum absolute atomic E-state index is 0.131. The maximum Gasteiger partial charge on any atom is 0.226 e. The average molecular weight is 256 g/mol. The Hall–Kier alpha value is -0.830. The topological polar surface area (TPSA) is 20.3 Å². The van der Waals surface area contributed by atoms with Crippen molar-refractivity contribution in [1.29, 1.82) is 0 Å². The first-order chi connectivity index (χ1) is 6.56. The van der Waals surface area contributed by atoms with Crippen molar-refractivity contribution in [2.45, 2.75) is 20.3 Å². The second kappa shape index (κ2) is 4.60. The summed E-state index contributed by atoms with van der Waals surface area (Å²) in [6.45, 7) is 3.87. The fourth-order valence-electron chi connectivity index (χ4n) is 1.32. The minimum Gasteiger partial charge on any atom is -0.315 e. The predicted octanol–water partition coefficient (Wildman–Crippen LogP) is 3.13. The van der Waals surface area contributed by atoms with Gasteiger partial charge in [0.25, 0.3) is 0 Å². The summed E-state index contributed by atoms with van der Waals surface area (Å²) >= 11 is 3.40. The Morgan fingerprint density at radius 2 is 2.14 bits per heavy atom. The highest BCUT2D eigenvalue weighted by Gasteiger charge is 2.10. The van der Waals surface area contributed by atoms with Crippen LogP contribution in [0.4, 0.5) is 5.69 Å². The number of carbonyl (C=O) groups excluding carboxylic acids is 1. The minimum atomic E-state index is 0.131. The maximum absolute atomic E-state index is 11.5. The molecule has 14 heavy (non-hydrogen) atoms. The molecule has 0 heterocycles. The normalized spacial score (nSPS) is 10.0. The molecule has 1 rings (SSSR count). The smallest absolute Gasteiger partial charge is 0.226 e. The number of hydrogen-bond acceptors (Lipinski definition) is 1. The van der Waals surface area contributed by atoms with Crippen LogP contribution in [0.5, 0.6) is 0 Å². The summed E-state index contributed by atoms with van der Waals surface area (Å²) in [5.41, 5.74) is 2.07. The van der Waals surface area contributed by atoms with Crippen LogP contribution in [0, 0.1) is 6.92 Å². The van der Waals surface area contributed by atoms with E-state index in [1.807, 2.05) is 32.0 Å². The molecule has 0 aliphatic heterocycles. The fourth-order valence-corrected chi connectivity index (χ4v) is 1.66. The van der Waals surface area contributed by atoms with Crippen LogP contribution >= 0.6 is 15.9 Å². The Morgan fingerprint density at radius 1 is 1.50 bits per heavy atom. The molecule has 76 valence electrons. The molecule has 0 saturated carbocycles. The number of rotatable bonds is 2. The SMILES string of the molecule is CCC(=O)N(C)c1cc(Br)ccc1C. The van der Waals surface area contributed by atoms with Gasteiger partial charge in [0.15, 0.2) is 0 Å². The van der Waals surface area contributed by atoms with Gasteiger partial charge in [0, 0.05) is 23.6 Å². The number of halogens is 1. The maximum atomic E-state index is 11.5. The van der Waals surface area contributed by atoms with E-state index in [1.165, 1.54) is 0 Å². The third-order valence-electron chi connectivity index (χ3n) is 2.21. The Kier molecular flexibility index (Phi) is 3.69. The number of anilines is 1. The van der Waals surface area contributed by atoms with Crippen LogP contribution in [0.1, 0.15) is 18.9 Å². The number of amides is 1. The largest absolute Gasteiger partial charge is 0.315 e. The summed E-state index contributed by atoms with van der Waals surface area (Å²) in [4.78, 5) is 13.2. The molecule has 2 nitrogen and oxygen atoms in total. The van der Waals surface area contributed by atoms with Crippen molar-refractivity contribution in [3.8, 4) is 0 Å². The van der Waals surface area contributed by atoms with Crippen molar-refractivity contribution in [3.05, 3.63) is 28.2 Å². The van der Waals surface area contributed by atoms with Crippen molar-refractivity contribution < 1.29 is 4.79 Å². The van der Waals surface area contributed by atoms with Gasteiger partial charge in [-0.25, -0.2) is 0 Å². The molecular weight excluding hydrogens is 242 g/mol. The Labute approximate surface area is 93.0 Å². The molecule has 1 aromatic carbocycles. The first-order valence-corrected chi connectivity index (χ1v) is 5.38. The highest BCUT2D eigenvalue weighted by Crippen LogP contribution is 2.23. The van der Waals surface area contributed by atoms with E-state index in [2.05, 4.69) is 15.9 Å². The molecule has 0 N–H and O–H groups in total. The van der Waals surface area contributed by atoms with Crippen LogP contribution in [0.2, 0.25) is 0 Å². The monoisotopic (exact) mass is 255 g/mol. The van der Waals surface area contributed by atoms with Crippen LogP contribution in [0.25, 0.3) is 0 Å². The molecular formula is C11H14BrNO. The third kappa shape index (κ3) is 2.35. The first kappa shape index (κ1) is 11.2. The highest BCUT2D eigenvalue weighted by atomic mass is 79.9. The zero-order valence-electron chi connectivity index (χ0n) is 8.67. The van der Waals surface area contributed by atoms with Gasteiger partial charge in [0.2, 0.25) is 5.91 Å². The summed E-state index contributed by atoms with van der Waals surface area (Å²) in [5, 5.41) is 0. The van der Waals surface area contributed by atoms with Gasteiger partial charge >= 0.3 is 0 Å². The molecule has 0 spiro atoms. The molecule has 0 saturated heterocycles. The van der Waals surface area contributed by atoms with Gasteiger partial charge in [-0.2, -0.15) is 0 Å². The summed E-state index contributed by atoms with van der Waals surface area (Å²) in [6.07, 6.45) is 0.530. The van der Waals surface area contributed by atoms with E-state index in [4.69, 9.17) is 0 Å². The number of benzene rings is 1. The number of carbonyl (C=O) groups is 1. The van der Waals surface area contributed by atoms with Crippen LogP contribution < -0.4 is 4.90 Å². The lowest BCUT2D eigenvalue weighted by Gasteiger charge is -2.19. The van der Waals surface area contributed by atoms with E-state index in [9.17, 15) is 4.79 Å². The van der Waals surface area contributed by atoms with Crippen molar-refractivity contribution in [2.24, 2.45) is 0 Å². The molecule has 0 radical (unpaired) electrons. The van der Waals surface area contributed by atoms with Gasteiger partial charge in [-0.15, -0.1) is 0 Å². The molecule has 0 fully saturated rings. The zero-order valence-corrected chi connectivity index (χ0v) is 10.3. The quantitative estimate of drug-likeness (QED) is 0.796. The van der Waals surface area contributed by atoms with Gasteiger partial charge in [-0.05, 0) is 24.6 Å². The van der Waals surface area contributed by atoms with E-state index in [0.29, 0.717) is 6.42 Å². The van der Waals surface area contributed by atoms with Crippen LogP contribution in [0.3, 0.4) is 0 Å². The van der Waals surface area contributed by atoms with E-state index in [1.54, 1.807) is 11.9 Å². The van der Waals surface area contributed by atoms with Crippen LogP contribution in [-0.2, 0) is 4.79 Å². The molecule has 1 amide bonds. The number of aryl methyl sites for hydroxylation is 1. The first-order valence-electron chi connectivity index (χ1n) is 4.59. The second-order valence-corrected chi connectivity index (χ2v) is 4.15.